The lowest BCUT2D eigenvalue weighted by atomic mass is 9.79. The summed E-state index contributed by atoms with van der Waals surface area (Å²) in [5.74, 6) is 1.55. The van der Waals surface area contributed by atoms with Gasteiger partial charge in [-0.2, -0.15) is 10.2 Å². The molecular weight excluding hydrogens is 733 g/mol. The van der Waals surface area contributed by atoms with Crippen LogP contribution < -0.4 is 20.9 Å². The zero-order valence-corrected chi connectivity index (χ0v) is 34.0. The van der Waals surface area contributed by atoms with Gasteiger partial charge in [0.2, 0.25) is 0 Å². The number of benzene rings is 3. The third-order valence-electron chi connectivity index (χ3n) is 10.3. The molecule has 2 aliphatic rings. The summed E-state index contributed by atoms with van der Waals surface area (Å²) < 4.78 is 49.3. The van der Waals surface area contributed by atoms with Gasteiger partial charge in [-0.25, -0.2) is 9.46 Å². The van der Waals surface area contributed by atoms with E-state index in [2.05, 4.69) is 43.4 Å². The SMILES string of the molecule is COc1ccc(C(OC[C@@]23CCO[C@@H]([C@H](n4cc(C)c(N)nc4=O)O2)[C@@H]3OP(OCCC#N)N(C(C)C)C(C)C)(c2ccccc2)c2ccc(OC)cc2)cc1. The van der Waals surface area contributed by atoms with Gasteiger partial charge in [-0.1, -0.05) is 54.6 Å². The molecule has 1 unspecified atom stereocenters. The predicted octanol–water partition coefficient (Wildman–Crippen LogP) is 6.88. The fourth-order valence-electron chi connectivity index (χ4n) is 7.58. The van der Waals surface area contributed by atoms with E-state index < -0.39 is 43.9 Å². The number of hydrogen-bond acceptors (Lipinski definition) is 12. The molecule has 0 aliphatic carbocycles. The van der Waals surface area contributed by atoms with E-state index in [9.17, 15) is 10.1 Å². The quantitative estimate of drug-likeness (QED) is 0.0675. The summed E-state index contributed by atoms with van der Waals surface area (Å²) in [7, 11) is 1.51. The summed E-state index contributed by atoms with van der Waals surface area (Å²) in [6.07, 6.45) is -0.246. The van der Waals surface area contributed by atoms with E-state index in [4.69, 9.17) is 38.5 Å². The van der Waals surface area contributed by atoms with E-state index >= 15 is 0 Å². The smallest absolute Gasteiger partial charge is 0.351 e. The van der Waals surface area contributed by atoms with E-state index in [-0.39, 0.29) is 37.5 Å². The Bertz CT molecular complexity index is 1950. The molecule has 4 aromatic rings. The van der Waals surface area contributed by atoms with Crippen LogP contribution in [0.1, 0.15) is 69.0 Å². The average Bonchev–Trinajstić information content (AvgIpc) is 3.35. The minimum absolute atomic E-state index is 0.0157. The topological polar surface area (TPSA) is 153 Å². The van der Waals surface area contributed by atoms with Gasteiger partial charge in [0.05, 0.1) is 46.5 Å². The molecule has 1 aromatic heterocycles. The van der Waals surface area contributed by atoms with Crippen LogP contribution in [0.4, 0.5) is 5.82 Å². The van der Waals surface area contributed by atoms with E-state index in [1.807, 2.05) is 78.9 Å². The first-order valence-corrected chi connectivity index (χ1v) is 20.0. The number of nitrogens with zero attached hydrogens (tertiary/aromatic N) is 4. The first-order chi connectivity index (χ1) is 27.0. The van der Waals surface area contributed by atoms with Crippen molar-refractivity contribution in [3.8, 4) is 17.6 Å². The van der Waals surface area contributed by atoms with Crippen LogP contribution in [-0.2, 0) is 28.9 Å². The largest absolute Gasteiger partial charge is 0.497 e. The second kappa shape index (κ2) is 17.8. The van der Waals surface area contributed by atoms with E-state index in [1.54, 1.807) is 27.3 Å². The maximum atomic E-state index is 13.5. The standard InChI is InChI=1S/C42H52N5O8P/c1-28(2)47(29(3)4)56(53-24-11-23-43)55-37-36-39(46-26-30(5)38(44)45-40(46)48)54-41(37,22-25-51-36)27-52-42(31-12-9-8-10-13-31,32-14-18-34(49-6)19-15-32)33-16-20-35(50-7)21-17-33/h8-10,12-21,26,28-29,36-37,39H,11,22,24-25,27H2,1-7H3,(H2,44,45,48)/t36-,37+,39-,41-,56?/m1/s1. The van der Waals surface area contributed by atoms with Crippen LogP contribution >= 0.6 is 8.53 Å². The van der Waals surface area contributed by atoms with Gasteiger partial charge in [-0.3, -0.25) is 4.57 Å². The van der Waals surface area contributed by atoms with E-state index in [1.165, 1.54) is 4.57 Å². The summed E-state index contributed by atoms with van der Waals surface area (Å²) in [4.78, 5) is 17.6. The van der Waals surface area contributed by atoms with Crippen LogP contribution in [-0.4, -0.2) is 78.2 Å². The van der Waals surface area contributed by atoms with E-state index in [0.29, 0.717) is 30.1 Å². The van der Waals surface area contributed by atoms with Crippen molar-refractivity contribution in [2.75, 3.05) is 39.8 Å². The number of aryl methyl sites for hydroxylation is 1. The highest BCUT2D eigenvalue weighted by Crippen LogP contribution is 2.56. The first-order valence-electron chi connectivity index (χ1n) is 18.9. The Balaban J connectivity index is 1.51. The fraction of sp³-hybridized carbons (Fsp3) is 0.452. The van der Waals surface area contributed by atoms with Crippen LogP contribution in [0, 0.1) is 18.3 Å². The van der Waals surface area contributed by atoms with Crippen molar-refractivity contribution < 1.29 is 32.7 Å². The molecule has 298 valence electrons. The Labute approximate surface area is 330 Å². The van der Waals surface area contributed by atoms with Crippen LogP contribution in [0.25, 0.3) is 0 Å². The van der Waals surface area contributed by atoms with Crippen LogP contribution in [0.2, 0.25) is 0 Å². The summed E-state index contributed by atoms with van der Waals surface area (Å²) >= 11 is 0. The number of ether oxygens (including phenoxy) is 5. The Kier molecular flexibility index (Phi) is 13.1. The van der Waals surface area contributed by atoms with Gasteiger partial charge in [0.1, 0.15) is 40.7 Å². The molecule has 2 aliphatic heterocycles. The fourth-order valence-corrected chi connectivity index (χ4v) is 9.39. The van der Waals surface area contributed by atoms with Gasteiger partial charge < -0.3 is 38.5 Å². The van der Waals surface area contributed by atoms with Crippen molar-refractivity contribution in [2.24, 2.45) is 0 Å². The number of fused-ring (bicyclic) bond motifs is 2. The molecule has 2 N–H and O–H groups in total. The second-order valence-corrected chi connectivity index (χ2v) is 15.9. The predicted molar refractivity (Wildman–Crippen MR) is 213 cm³/mol. The van der Waals surface area contributed by atoms with Gasteiger partial charge in [-0.05, 0) is 75.6 Å². The molecule has 3 heterocycles. The van der Waals surface area contributed by atoms with Crippen LogP contribution in [0.5, 0.6) is 11.5 Å². The summed E-state index contributed by atoms with van der Waals surface area (Å²) in [5.41, 5.74) is 6.37. The van der Waals surface area contributed by atoms with Crippen molar-refractivity contribution in [3.63, 3.8) is 0 Å². The van der Waals surface area contributed by atoms with Gasteiger partial charge in [0, 0.05) is 30.3 Å². The number of aromatic nitrogens is 2. The molecule has 2 fully saturated rings. The molecule has 0 spiro atoms. The molecule has 2 bridgehead atoms. The minimum Gasteiger partial charge on any atom is -0.497 e. The number of methoxy groups -OCH3 is 2. The average molecular weight is 786 g/mol. The van der Waals surface area contributed by atoms with Crippen molar-refractivity contribution in [1.29, 1.82) is 5.26 Å². The third-order valence-corrected chi connectivity index (χ3v) is 12.4. The first kappa shape index (κ1) is 41.3. The molecule has 0 radical (unpaired) electrons. The summed E-state index contributed by atoms with van der Waals surface area (Å²) in [5, 5.41) is 9.41. The van der Waals surface area contributed by atoms with Crippen LogP contribution in [0.3, 0.4) is 0 Å². The summed E-state index contributed by atoms with van der Waals surface area (Å²) in [6.45, 7) is 10.6. The maximum absolute atomic E-state index is 13.5. The molecule has 14 heteroatoms. The van der Waals surface area contributed by atoms with Gasteiger partial charge in [-0.15, -0.1) is 0 Å². The lowest BCUT2D eigenvalue weighted by Gasteiger charge is -2.45. The zero-order valence-electron chi connectivity index (χ0n) is 33.1. The molecule has 0 amide bonds. The van der Waals surface area contributed by atoms with Gasteiger partial charge in [0.15, 0.2) is 6.23 Å². The molecule has 3 aromatic carbocycles. The van der Waals surface area contributed by atoms with Gasteiger partial charge in [0.25, 0.3) is 8.53 Å². The Hall–Kier alpha value is -4.38. The van der Waals surface area contributed by atoms with Crippen molar-refractivity contribution in [3.05, 3.63) is 118 Å². The van der Waals surface area contributed by atoms with Crippen molar-refractivity contribution >= 4 is 14.3 Å². The Morgan fingerprint density at radius 2 is 1.57 bits per heavy atom. The lowest BCUT2D eigenvalue weighted by Crippen LogP contribution is -2.54. The molecule has 56 heavy (non-hydrogen) atoms. The number of nitriles is 1. The Morgan fingerprint density at radius 1 is 0.982 bits per heavy atom. The number of nitrogen functional groups attached to an aromatic ring is 1. The third kappa shape index (κ3) is 8.20. The zero-order chi connectivity index (χ0) is 40.0. The number of anilines is 1. The molecule has 13 nitrogen and oxygen atoms in total. The number of nitrogens with two attached hydrogens (primary N) is 1. The number of hydrogen-bond donors (Lipinski definition) is 1. The highest BCUT2D eigenvalue weighted by molar-refractivity contribution is 7.44. The van der Waals surface area contributed by atoms with Crippen LogP contribution in [0.15, 0.2) is 89.9 Å². The lowest BCUT2D eigenvalue weighted by molar-refractivity contribution is -0.168. The summed E-state index contributed by atoms with van der Waals surface area (Å²) in [6, 6.07) is 27.9. The van der Waals surface area contributed by atoms with E-state index in [0.717, 1.165) is 16.7 Å². The second-order valence-electron chi connectivity index (χ2n) is 14.5. The molecule has 2 saturated heterocycles. The Morgan fingerprint density at radius 3 is 2.12 bits per heavy atom. The molecular formula is C42H52N5O8P. The van der Waals surface area contributed by atoms with Crippen molar-refractivity contribution in [2.45, 2.75) is 89.2 Å². The van der Waals surface area contributed by atoms with Crippen molar-refractivity contribution in [1.82, 2.24) is 14.2 Å². The molecule has 6 rings (SSSR count). The monoisotopic (exact) mass is 785 g/mol. The molecule has 5 atom stereocenters. The normalized spacial score (nSPS) is 21.3. The minimum atomic E-state index is -1.76. The number of rotatable bonds is 17. The highest BCUT2D eigenvalue weighted by Gasteiger charge is 2.62. The maximum Gasteiger partial charge on any atom is 0.351 e. The highest BCUT2D eigenvalue weighted by atomic mass is 31.2. The van der Waals surface area contributed by atoms with Gasteiger partial charge >= 0.3 is 5.69 Å². The molecule has 0 saturated carbocycles.